The number of benzene rings is 2. The zero-order valence-corrected chi connectivity index (χ0v) is 16.3. The van der Waals surface area contributed by atoms with Crippen LogP contribution in [0.5, 0.6) is 5.75 Å². The zero-order chi connectivity index (χ0) is 21.4. The van der Waals surface area contributed by atoms with E-state index in [1.807, 2.05) is 0 Å². The van der Waals surface area contributed by atoms with Crippen LogP contribution in [-0.4, -0.2) is 36.9 Å². The molecule has 0 saturated carbocycles. The van der Waals surface area contributed by atoms with Gasteiger partial charge in [-0.25, -0.2) is 4.39 Å². The molecule has 0 saturated heterocycles. The van der Waals surface area contributed by atoms with Gasteiger partial charge in [-0.3, -0.25) is 14.4 Å². The van der Waals surface area contributed by atoms with Crippen molar-refractivity contribution in [2.75, 3.05) is 7.11 Å². The second-order valence-electron chi connectivity index (χ2n) is 6.56. The number of nitrogens with two attached hydrogens (primary N) is 1. The predicted octanol–water partition coefficient (Wildman–Crippen LogP) is 1.09. The molecule has 0 heterocycles. The standard InChI is InChI=1S/C21H24FN3O4/c1-13(26)24-19(12-15-5-3-4-6-17(15)22)21(28)25-18(20(23)27)11-14-7-9-16(29-2)10-8-14/h3-10,18-19H,11-12H2,1-2H3,(H2,23,27)(H,24,26)(H,25,28)/t18-,19-/m1/s1. The first-order valence-electron chi connectivity index (χ1n) is 9.03. The fourth-order valence-electron chi connectivity index (χ4n) is 2.83. The third kappa shape index (κ3) is 6.60. The van der Waals surface area contributed by atoms with Gasteiger partial charge >= 0.3 is 0 Å². The van der Waals surface area contributed by atoms with Gasteiger partial charge in [-0.15, -0.1) is 0 Å². The summed E-state index contributed by atoms with van der Waals surface area (Å²) in [5.74, 6) is -1.63. The lowest BCUT2D eigenvalue weighted by Crippen LogP contribution is -2.54. The lowest BCUT2D eigenvalue weighted by molar-refractivity contribution is -0.130. The number of halogens is 1. The number of ether oxygens (including phenoxy) is 1. The lowest BCUT2D eigenvalue weighted by Gasteiger charge is -2.22. The van der Waals surface area contributed by atoms with Crippen molar-refractivity contribution >= 4 is 17.7 Å². The van der Waals surface area contributed by atoms with Crippen molar-refractivity contribution in [3.05, 3.63) is 65.5 Å². The van der Waals surface area contributed by atoms with Gasteiger partial charge in [-0.1, -0.05) is 30.3 Å². The summed E-state index contributed by atoms with van der Waals surface area (Å²) in [4.78, 5) is 36.1. The van der Waals surface area contributed by atoms with E-state index in [9.17, 15) is 18.8 Å². The molecule has 0 fully saturated rings. The highest BCUT2D eigenvalue weighted by atomic mass is 19.1. The number of hydrogen-bond acceptors (Lipinski definition) is 4. The molecular formula is C21H24FN3O4. The third-order valence-electron chi connectivity index (χ3n) is 4.33. The highest BCUT2D eigenvalue weighted by Gasteiger charge is 2.26. The van der Waals surface area contributed by atoms with Gasteiger partial charge in [-0.2, -0.15) is 0 Å². The summed E-state index contributed by atoms with van der Waals surface area (Å²) in [5.41, 5.74) is 6.48. The minimum absolute atomic E-state index is 0.0634. The van der Waals surface area contributed by atoms with Crippen LogP contribution in [0.3, 0.4) is 0 Å². The second-order valence-corrected chi connectivity index (χ2v) is 6.56. The van der Waals surface area contributed by atoms with Gasteiger partial charge in [0.15, 0.2) is 0 Å². The van der Waals surface area contributed by atoms with E-state index in [-0.39, 0.29) is 18.4 Å². The van der Waals surface area contributed by atoms with E-state index in [2.05, 4.69) is 10.6 Å². The number of carbonyl (C=O) groups is 3. The fraction of sp³-hybridized carbons (Fsp3) is 0.286. The van der Waals surface area contributed by atoms with Gasteiger partial charge in [0.05, 0.1) is 7.11 Å². The Kier molecular flexibility index (Phi) is 7.70. The molecular weight excluding hydrogens is 377 g/mol. The Bertz CT molecular complexity index is 870. The minimum atomic E-state index is -1.05. The summed E-state index contributed by atoms with van der Waals surface area (Å²) in [5, 5.41) is 5.05. The number of rotatable bonds is 9. The number of carbonyl (C=O) groups excluding carboxylic acids is 3. The van der Waals surface area contributed by atoms with Gasteiger partial charge in [0.2, 0.25) is 17.7 Å². The van der Waals surface area contributed by atoms with Crippen LogP contribution in [0, 0.1) is 5.82 Å². The van der Waals surface area contributed by atoms with Crippen molar-refractivity contribution in [2.24, 2.45) is 5.73 Å². The van der Waals surface area contributed by atoms with Crippen LogP contribution in [0.1, 0.15) is 18.1 Å². The van der Waals surface area contributed by atoms with E-state index < -0.39 is 35.6 Å². The second kappa shape index (κ2) is 10.2. The van der Waals surface area contributed by atoms with Crippen molar-refractivity contribution in [3.8, 4) is 5.75 Å². The monoisotopic (exact) mass is 401 g/mol. The molecule has 8 heteroatoms. The molecule has 4 N–H and O–H groups in total. The zero-order valence-electron chi connectivity index (χ0n) is 16.3. The van der Waals surface area contributed by atoms with Crippen LogP contribution >= 0.6 is 0 Å². The van der Waals surface area contributed by atoms with Gasteiger partial charge in [0.25, 0.3) is 0 Å². The summed E-state index contributed by atoms with van der Waals surface area (Å²) in [7, 11) is 1.54. The molecule has 0 aromatic heterocycles. The average molecular weight is 401 g/mol. The Morgan fingerprint density at radius 3 is 2.21 bits per heavy atom. The molecule has 0 unspecified atom stereocenters. The van der Waals surface area contributed by atoms with Crippen molar-refractivity contribution < 1.29 is 23.5 Å². The Morgan fingerprint density at radius 1 is 1.00 bits per heavy atom. The van der Waals surface area contributed by atoms with Crippen LogP contribution in [0.15, 0.2) is 48.5 Å². The molecule has 0 spiro atoms. The van der Waals surface area contributed by atoms with Crippen LogP contribution in [0.4, 0.5) is 4.39 Å². The number of nitrogens with one attached hydrogen (secondary N) is 2. The molecule has 0 aliphatic carbocycles. The van der Waals surface area contributed by atoms with E-state index in [1.165, 1.54) is 25.1 Å². The molecule has 29 heavy (non-hydrogen) atoms. The van der Waals surface area contributed by atoms with Crippen molar-refractivity contribution in [2.45, 2.75) is 31.8 Å². The Morgan fingerprint density at radius 2 is 1.66 bits per heavy atom. The first kappa shape index (κ1) is 21.9. The highest BCUT2D eigenvalue weighted by Crippen LogP contribution is 2.13. The predicted molar refractivity (Wildman–Crippen MR) is 106 cm³/mol. The Hall–Kier alpha value is -3.42. The first-order valence-corrected chi connectivity index (χ1v) is 9.03. The van der Waals surface area contributed by atoms with E-state index in [0.717, 1.165) is 5.56 Å². The van der Waals surface area contributed by atoms with Crippen LogP contribution in [0.2, 0.25) is 0 Å². The largest absolute Gasteiger partial charge is 0.497 e. The maximum Gasteiger partial charge on any atom is 0.243 e. The summed E-state index contributed by atoms with van der Waals surface area (Å²) >= 11 is 0. The number of amides is 3. The van der Waals surface area contributed by atoms with Crippen LogP contribution in [0.25, 0.3) is 0 Å². The molecule has 2 atom stereocenters. The van der Waals surface area contributed by atoms with E-state index in [0.29, 0.717) is 5.75 Å². The van der Waals surface area contributed by atoms with Gasteiger partial charge < -0.3 is 21.1 Å². The number of methoxy groups -OCH3 is 1. The van der Waals surface area contributed by atoms with Crippen molar-refractivity contribution in [3.63, 3.8) is 0 Å². The molecule has 2 aromatic rings. The topological polar surface area (TPSA) is 111 Å². The molecule has 0 aliphatic rings. The van der Waals surface area contributed by atoms with E-state index in [1.54, 1.807) is 37.4 Å². The van der Waals surface area contributed by atoms with Crippen molar-refractivity contribution in [1.82, 2.24) is 10.6 Å². The first-order chi connectivity index (χ1) is 13.8. The summed E-state index contributed by atoms with van der Waals surface area (Å²) in [6.45, 7) is 1.25. The Balaban J connectivity index is 2.13. The molecule has 2 aromatic carbocycles. The van der Waals surface area contributed by atoms with Crippen molar-refractivity contribution in [1.29, 1.82) is 0 Å². The smallest absolute Gasteiger partial charge is 0.243 e. The molecule has 3 amide bonds. The van der Waals surface area contributed by atoms with Gasteiger partial charge in [-0.05, 0) is 29.3 Å². The molecule has 7 nitrogen and oxygen atoms in total. The maximum absolute atomic E-state index is 14.0. The average Bonchev–Trinajstić information content (AvgIpc) is 2.68. The quantitative estimate of drug-likeness (QED) is 0.584. The maximum atomic E-state index is 14.0. The Labute approximate surface area is 168 Å². The van der Waals surface area contributed by atoms with Crippen LogP contribution in [-0.2, 0) is 27.2 Å². The highest BCUT2D eigenvalue weighted by molar-refractivity contribution is 5.91. The molecule has 0 bridgehead atoms. The molecule has 0 radical (unpaired) electrons. The van der Waals surface area contributed by atoms with E-state index >= 15 is 0 Å². The third-order valence-corrected chi connectivity index (χ3v) is 4.33. The number of hydrogen-bond donors (Lipinski definition) is 3. The van der Waals surface area contributed by atoms with Gasteiger partial charge in [0.1, 0.15) is 23.7 Å². The van der Waals surface area contributed by atoms with Gasteiger partial charge in [0, 0.05) is 19.8 Å². The number of primary amides is 1. The minimum Gasteiger partial charge on any atom is -0.497 e. The molecule has 2 rings (SSSR count). The fourth-order valence-corrected chi connectivity index (χ4v) is 2.83. The molecule has 0 aliphatic heterocycles. The molecule has 154 valence electrons. The lowest BCUT2D eigenvalue weighted by atomic mass is 10.0. The normalized spacial score (nSPS) is 12.5. The summed E-state index contributed by atoms with van der Waals surface area (Å²) in [6, 6.07) is 10.9. The van der Waals surface area contributed by atoms with Crippen LogP contribution < -0.4 is 21.1 Å². The SMILES string of the molecule is COc1ccc(C[C@@H](NC(=O)[C@@H](Cc2ccccc2F)NC(C)=O)C(N)=O)cc1. The summed E-state index contributed by atoms with van der Waals surface area (Å²) < 4.78 is 19.1. The summed E-state index contributed by atoms with van der Waals surface area (Å²) in [6.07, 6.45) is 0.101. The van der Waals surface area contributed by atoms with E-state index in [4.69, 9.17) is 10.5 Å².